The molecular formula is C20H27N3O6. The van der Waals surface area contributed by atoms with E-state index in [2.05, 4.69) is 15.6 Å². The lowest BCUT2D eigenvalue weighted by atomic mass is 9.47. The summed E-state index contributed by atoms with van der Waals surface area (Å²) in [6, 6.07) is 3.60. The van der Waals surface area contributed by atoms with Crippen LogP contribution in [0.2, 0.25) is 0 Å². The third-order valence-electron chi connectivity index (χ3n) is 6.90. The lowest BCUT2D eigenvalue weighted by molar-refractivity contribution is -0.179. The number of fused-ring (bicyclic) bond motifs is 1. The van der Waals surface area contributed by atoms with Gasteiger partial charge in [0.1, 0.15) is 11.0 Å². The second-order valence-corrected chi connectivity index (χ2v) is 8.13. The number of carboxylic acid groups (broad SMARTS) is 2. The maximum atomic E-state index is 12.9. The lowest BCUT2D eigenvalue weighted by Gasteiger charge is -2.59. The van der Waals surface area contributed by atoms with E-state index >= 15 is 0 Å². The number of piperidine rings is 1. The lowest BCUT2D eigenvalue weighted by Crippen LogP contribution is -2.72. The van der Waals surface area contributed by atoms with Crippen LogP contribution in [0.15, 0.2) is 22.8 Å². The van der Waals surface area contributed by atoms with Crippen molar-refractivity contribution in [2.45, 2.75) is 52.1 Å². The smallest absolute Gasteiger partial charge is 0.312 e. The molecule has 158 valence electrons. The van der Waals surface area contributed by atoms with E-state index < -0.39 is 53.3 Å². The van der Waals surface area contributed by atoms with Crippen LogP contribution in [0.4, 0.5) is 0 Å². The molecule has 0 amide bonds. The standard InChI is InChI=1S/C20H27N3O6/c1-5-19(17(25)26)14(9-24)21-11(4)20(10(2)3,18(27)28)16(19)12-7-6-8-13-15(12)23-29-22-13/h6-8,10-11,14,16,21,24H,5,9H2,1-4H3,(H,25,26)(H,27,28). The Morgan fingerprint density at radius 3 is 2.45 bits per heavy atom. The molecule has 1 aromatic carbocycles. The second-order valence-electron chi connectivity index (χ2n) is 8.13. The highest BCUT2D eigenvalue weighted by Crippen LogP contribution is 2.60. The Hall–Kier alpha value is -2.52. The molecule has 2 heterocycles. The maximum Gasteiger partial charge on any atom is 0.312 e. The molecule has 1 aliphatic rings. The van der Waals surface area contributed by atoms with Crippen LogP contribution in [0.5, 0.6) is 0 Å². The van der Waals surface area contributed by atoms with Crippen molar-refractivity contribution in [3.05, 3.63) is 23.8 Å². The Morgan fingerprint density at radius 2 is 1.93 bits per heavy atom. The molecule has 1 aliphatic heterocycles. The fourth-order valence-electron chi connectivity index (χ4n) is 5.54. The minimum atomic E-state index is -1.59. The predicted octanol–water partition coefficient (Wildman–Crippen LogP) is 1.87. The molecule has 5 unspecified atom stereocenters. The van der Waals surface area contributed by atoms with Gasteiger partial charge in [0.2, 0.25) is 0 Å². The van der Waals surface area contributed by atoms with E-state index in [-0.39, 0.29) is 6.42 Å². The molecule has 1 saturated heterocycles. The van der Waals surface area contributed by atoms with Crippen molar-refractivity contribution in [2.75, 3.05) is 6.61 Å². The van der Waals surface area contributed by atoms with Crippen molar-refractivity contribution in [1.82, 2.24) is 15.6 Å². The number of aromatic nitrogens is 2. The van der Waals surface area contributed by atoms with Gasteiger partial charge in [-0.15, -0.1) is 0 Å². The number of hydrogen-bond acceptors (Lipinski definition) is 7. The summed E-state index contributed by atoms with van der Waals surface area (Å²) in [7, 11) is 0. The normalized spacial score (nSPS) is 32.6. The molecule has 1 fully saturated rings. The Balaban J connectivity index is 2.48. The molecule has 9 heteroatoms. The number of hydrogen-bond donors (Lipinski definition) is 4. The molecule has 2 aromatic rings. The minimum absolute atomic E-state index is 0.112. The Bertz CT molecular complexity index is 928. The van der Waals surface area contributed by atoms with E-state index in [0.717, 1.165) is 0 Å². The topological polar surface area (TPSA) is 146 Å². The molecule has 0 spiro atoms. The van der Waals surface area contributed by atoms with Crippen LogP contribution in [0, 0.1) is 16.7 Å². The first-order chi connectivity index (χ1) is 13.7. The van der Waals surface area contributed by atoms with Gasteiger partial charge < -0.3 is 20.6 Å². The second kappa shape index (κ2) is 7.38. The summed E-state index contributed by atoms with van der Waals surface area (Å²) in [6.07, 6.45) is 0.112. The van der Waals surface area contributed by atoms with Gasteiger partial charge in [0.05, 0.1) is 17.4 Å². The average molecular weight is 405 g/mol. The van der Waals surface area contributed by atoms with Gasteiger partial charge in [-0.1, -0.05) is 32.9 Å². The van der Waals surface area contributed by atoms with E-state index in [0.29, 0.717) is 16.6 Å². The van der Waals surface area contributed by atoms with Gasteiger partial charge in [-0.3, -0.25) is 9.59 Å². The summed E-state index contributed by atoms with van der Waals surface area (Å²) in [6.45, 7) is 6.55. The molecule has 1 aromatic heterocycles. The average Bonchev–Trinajstić information content (AvgIpc) is 3.15. The number of nitrogens with zero attached hydrogens (tertiary/aromatic N) is 2. The van der Waals surface area contributed by atoms with E-state index in [1.165, 1.54) is 0 Å². The molecule has 4 N–H and O–H groups in total. The molecule has 9 nitrogen and oxygen atoms in total. The molecule has 0 saturated carbocycles. The van der Waals surface area contributed by atoms with Crippen LogP contribution >= 0.6 is 0 Å². The van der Waals surface area contributed by atoms with Gasteiger partial charge >= 0.3 is 11.9 Å². The Kier molecular flexibility index (Phi) is 5.40. The molecule has 0 radical (unpaired) electrons. The van der Waals surface area contributed by atoms with Crippen molar-refractivity contribution in [1.29, 1.82) is 0 Å². The van der Waals surface area contributed by atoms with E-state index in [1.54, 1.807) is 45.9 Å². The van der Waals surface area contributed by atoms with Crippen molar-refractivity contribution >= 4 is 23.0 Å². The molecule has 5 atom stereocenters. The molecular weight excluding hydrogens is 378 g/mol. The van der Waals surface area contributed by atoms with E-state index in [9.17, 15) is 24.9 Å². The SMILES string of the molecule is CCC1(C(=O)O)C(CO)NC(C)C(C(=O)O)(C(C)C)C1c1cccc2nonc12. The highest BCUT2D eigenvalue weighted by atomic mass is 16.6. The predicted molar refractivity (Wildman–Crippen MR) is 103 cm³/mol. The first-order valence-electron chi connectivity index (χ1n) is 9.74. The third kappa shape index (κ3) is 2.67. The summed E-state index contributed by atoms with van der Waals surface area (Å²) < 4.78 is 4.87. The molecule has 0 aliphatic carbocycles. The number of aliphatic hydroxyl groups excluding tert-OH is 1. The van der Waals surface area contributed by atoms with Gasteiger partial charge in [-0.25, -0.2) is 4.63 Å². The minimum Gasteiger partial charge on any atom is -0.481 e. The number of nitrogens with one attached hydrogen (secondary N) is 1. The highest BCUT2D eigenvalue weighted by molar-refractivity contribution is 5.87. The number of carboxylic acids is 2. The van der Waals surface area contributed by atoms with Crippen LogP contribution < -0.4 is 5.32 Å². The highest BCUT2D eigenvalue weighted by Gasteiger charge is 2.68. The van der Waals surface area contributed by atoms with Crippen LogP contribution in [0.25, 0.3) is 11.0 Å². The summed E-state index contributed by atoms with van der Waals surface area (Å²) >= 11 is 0. The van der Waals surface area contributed by atoms with Gasteiger partial charge in [0, 0.05) is 18.0 Å². The third-order valence-corrected chi connectivity index (χ3v) is 6.90. The fraction of sp³-hybridized carbons (Fsp3) is 0.600. The number of rotatable bonds is 6. The van der Waals surface area contributed by atoms with Crippen molar-refractivity contribution < 1.29 is 29.5 Å². The fourth-order valence-corrected chi connectivity index (χ4v) is 5.54. The van der Waals surface area contributed by atoms with Gasteiger partial charge in [-0.2, -0.15) is 0 Å². The number of aliphatic carboxylic acids is 2. The molecule has 3 rings (SSSR count). The van der Waals surface area contributed by atoms with Crippen LogP contribution in [-0.2, 0) is 9.59 Å². The van der Waals surface area contributed by atoms with Crippen LogP contribution in [0.1, 0.15) is 45.6 Å². The Labute approximate surface area is 168 Å². The zero-order valence-corrected chi connectivity index (χ0v) is 16.9. The summed E-state index contributed by atoms with van der Waals surface area (Å²) in [5.74, 6) is -3.67. The summed E-state index contributed by atoms with van der Waals surface area (Å²) in [5.41, 5.74) is -1.85. The largest absolute Gasteiger partial charge is 0.481 e. The Morgan fingerprint density at radius 1 is 1.24 bits per heavy atom. The van der Waals surface area contributed by atoms with E-state index in [4.69, 9.17) is 4.63 Å². The quantitative estimate of drug-likeness (QED) is 0.565. The zero-order chi connectivity index (χ0) is 21.6. The van der Waals surface area contributed by atoms with Crippen molar-refractivity contribution in [2.24, 2.45) is 16.7 Å². The van der Waals surface area contributed by atoms with E-state index in [1.807, 2.05) is 0 Å². The number of benzene rings is 1. The first kappa shape index (κ1) is 21.2. The van der Waals surface area contributed by atoms with Gasteiger partial charge in [0.15, 0.2) is 0 Å². The molecule has 29 heavy (non-hydrogen) atoms. The zero-order valence-electron chi connectivity index (χ0n) is 16.9. The maximum absolute atomic E-state index is 12.9. The van der Waals surface area contributed by atoms with Crippen molar-refractivity contribution in [3.63, 3.8) is 0 Å². The first-order valence-corrected chi connectivity index (χ1v) is 9.74. The monoisotopic (exact) mass is 405 g/mol. The van der Waals surface area contributed by atoms with Crippen LogP contribution in [-0.4, -0.2) is 56.3 Å². The number of carbonyl (C=O) groups is 2. The summed E-state index contributed by atoms with van der Waals surface area (Å²) in [4.78, 5) is 25.6. The molecule has 0 bridgehead atoms. The van der Waals surface area contributed by atoms with Crippen molar-refractivity contribution in [3.8, 4) is 0 Å². The summed E-state index contributed by atoms with van der Waals surface area (Å²) in [5, 5.41) is 41.9. The number of aliphatic hydroxyl groups is 1. The van der Waals surface area contributed by atoms with Crippen LogP contribution in [0.3, 0.4) is 0 Å². The van der Waals surface area contributed by atoms with Gasteiger partial charge in [0.25, 0.3) is 0 Å². The van der Waals surface area contributed by atoms with Gasteiger partial charge in [-0.05, 0) is 41.2 Å².